The third-order valence-electron chi connectivity index (χ3n) is 2.52. The highest BCUT2D eigenvalue weighted by atomic mass is 16.2. The largest absolute Gasteiger partial charge is 0.361 e. The molecule has 0 aliphatic rings. The van der Waals surface area contributed by atoms with E-state index in [4.69, 9.17) is 5.84 Å². The molecular weight excluding hydrogens is 232 g/mol. The third-order valence-corrected chi connectivity index (χ3v) is 2.52. The SMILES string of the molecule is CCN(CC)C(=O)CNc1cc(C)nc(NN)n1. The Morgan fingerprint density at radius 3 is 2.61 bits per heavy atom. The highest BCUT2D eigenvalue weighted by Crippen LogP contribution is 2.08. The number of carbonyl (C=O) groups excluding carboxylic acids is 1. The zero-order chi connectivity index (χ0) is 13.5. The monoisotopic (exact) mass is 252 g/mol. The fraction of sp³-hybridized carbons (Fsp3) is 0.545. The van der Waals surface area contributed by atoms with Gasteiger partial charge >= 0.3 is 0 Å². The molecule has 0 spiro atoms. The number of carbonyl (C=O) groups is 1. The van der Waals surface area contributed by atoms with Gasteiger partial charge in [-0.05, 0) is 20.8 Å². The van der Waals surface area contributed by atoms with Crippen molar-refractivity contribution in [3.05, 3.63) is 11.8 Å². The summed E-state index contributed by atoms with van der Waals surface area (Å²) in [5.41, 5.74) is 3.16. The van der Waals surface area contributed by atoms with Crippen LogP contribution in [0.4, 0.5) is 11.8 Å². The first-order valence-electron chi connectivity index (χ1n) is 5.94. The average molecular weight is 252 g/mol. The van der Waals surface area contributed by atoms with Gasteiger partial charge in [-0.2, -0.15) is 4.98 Å². The molecule has 1 aromatic rings. The maximum atomic E-state index is 11.8. The standard InChI is InChI=1S/C11H20N6O/c1-4-17(5-2)10(18)7-13-9-6-8(3)14-11(15-9)16-12/h6H,4-5,7,12H2,1-3H3,(H2,13,14,15,16). The van der Waals surface area contributed by atoms with Crippen molar-refractivity contribution in [1.29, 1.82) is 0 Å². The normalized spacial score (nSPS) is 10.0. The molecule has 0 saturated carbocycles. The molecule has 100 valence electrons. The summed E-state index contributed by atoms with van der Waals surface area (Å²) in [5.74, 6) is 6.20. The molecule has 0 saturated heterocycles. The molecule has 0 aliphatic carbocycles. The van der Waals surface area contributed by atoms with Crippen molar-refractivity contribution >= 4 is 17.7 Å². The van der Waals surface area contributed by atoms with E-state index >= 15 is 0 Å². The van der Waals surface area contributed by atoms with Gasteiger partial charge in [-0.25, -0.2) is 10.8 Å². The van der Waals surface area contributed by atoms with Crippen molar-refractivity contribution in [2.24, 2.45) is 5.84 Å². The Hall–Kier alpha value is -1.89. The van der Waals surface area contributed by atoms with Gasteiger partial charge in [-0.15, -0.1) is 0 Å². The van der Waals surface area contributed by atoms with Gasteiger partial charge < -0.3 is 10.2 Å². The molecule has 7 nitrogen and oxygen atoms in total. The Morgan fingerprint density at radius 2 is 2.06 bits per heavy atom. The van der Waals surface area contributed by atoms with E-state index in [1.165, 1.54) is 0 Å². The molecule has 0 aliphatic heterocycles. The highest BCUT2D eigenvalue weighted by molar-refractivity contribution is 5.80. The number of hydrogen-bond donors (Lipinski definition) is 3. The van der Waals surface area contributed by atoms with Crippen LogP contribution in [0.2, 0.25) is 0 Å². The minimum absolute atomic E-state index is 0.0403. The van der Waals surface area contributed by atoms with Crippen molar-refractivity contribution < 1.29 is 4.79 Å². The van der Waals surface area contributed by atoms with Gasteiger partial charge in [0.15, 0.2) is 0 Å². The van der Waals surface area contributed by atoms with E-state index in [2.05, 4.69) is 20.7 Å². The Bertz CT molecular complexity index is 405. The molecule has 0 unspecified atom stereocenters. The predicted octanol–water partition coefficient (Wildman–Crippen LogP) is 0.351. The van der Waals surface area contributed by atoms with Crippen LogP contribution < -0.4 is 16.6 Å². The summed E-state index contributed by atoms with van der Waals surface area (Å²) in [6.07, 6.45) is 0. The van der Waals surface area contributed by atoms with Gasteiger partial charge in [0.05, 0.1) is 6.54 Å². The van der Waals surface area contributed by atoms with Crippen LogP contribution in [0, 0.1) is 6.92 Å². The lowest BCUT2D eigenvalue weighted by Crippen LogP contribution is -2.35. The molecular formula is C11H20N6O. The number of likely N-dealkylation sites (N-methyl/N-ethyl adjacent to an activating group) is 1. The highest BCUT2D eigenvalue weighted by Gasteiger charge is 2.09. The van der Waals surface area contributed by atoms with Crippen molar-refractivity contribution in [3.63, 3.8) is 0 Å². The van der Waals surface area contributed by atoms with E-state index in [9.17, 15) is 4.79 Å². The fourth-order valence-corrected chi connectivity index (χ4v) is 1.58. The third kappa shape index (κ3) is 3.85. The maximum Gasteiger partial charge on any atom is 0.241 e. The van der Waals surface area contributed by atoms with E-state index in [0.29, 0.717) is 24.9 Å². The number of aryl methyl sites for hydroxylation is 1. The minimum atomic E-state index is 0.0403. The number of hydrazine groups is 1. The van der Waals surface area contributed by atoms with Crippen molar-refractivity contribution in [3.8, 4) is 0 Å². The smallest absolute Gasteiger partial charge is 0.241 e. The number of nitrogens with zero attached hydrogens (tertiary/aromatic N) is 3. The number of aromatic nitrogens is 2. The van der Waals surface area contributed by atoms with E-state index in [-0.39, 0.29) is 12.5 Å². The second kappa shape index (κ2) is 6.75. The number of hydrogen-bond acceptors (Lipinski definition) is 6. The summed E-state index contributed by atoms with van der Waals surface area (Å²) in [6.45, 7) is 7.35. The molecule has 0 aromatic carbocycles. The van der Waals surface area contributed by atoms with E-state index in [1.807, 2.05) is 20.8 Å². The van der Waals surface area contributed by atoms with Crippen LogP contribution in [0.1, 0.15) is 19.5 Å². The van der Waals surface area contributed by atoms with Crippen LogP contribution in [0.25, 0.3) is 0 Å². The summed E-state index contributed by atoms with van der Waals surface area (Å²) in [6, 6.07) is 1.76. The molecule has 4 N–H and O–H groups in total. The zero-order valence-corrected chi connectivity index (χ0v) is 11.0. The summed E-state index contributed by atoms with van der Waals surface area (Å²) in [7, 11) is 0. The first-order chi connectivity index (χ1) is 8.60. The lowest BCUT2D eigenvalue weighted by atomic mass is 10.4. The Labute approximate surface area is 107 Å². The topological polar surface area (TPSA) is 96.2 Å². The van der Waals surface area contributed by atoms with Gasteiger partial charge in [0.25, 0.3) is 0 Å². The van der Waals surface area contributed by atoms with Crippen LogP contribution in [-0.2, 0) is 4.79 Å². The lowest BCUT2D eigenvalue weighted by molar-refractivity contribution is -0.128. The van der Waals surface area contributed by atoms with Gasteiger partial charge in [0, 0.05) is 24.8 Å². The lowest BCUT2D eigenvalue weighted by Gasteiger charge is -2.19. The molecule has 1 rings (SSSR count). The number of amides is 1. The first kappa shape index (κ1) is 14.2. The Morgan fingerprint density at radius 1 is 1.39 bits per heavy atom. The Kier molecular flexibility index (Phi) is 5.31. The fourth-order valence-electron chi connectivity index (χ4n) is 1.58. The summed E-state index contributed by atoms with van der Waals surface area (Å²) in [5, 5.41) is 2.97. The van der Waals surface area contributed by atoms with Crippen LogP contribution >= 0.6 is 0 Å². The van der Waals surface area contributed by atoms with Crippen molar-refractivity contribution in [2.45, 2.75) is 20.8 Å². The minimum Gasteiger partial charge on any atom is -0.361 e. The van der Waals surface area contributed by atoms with Gasteiger partial charge in [-0.1, -0.05) is 0 Å². The van der Waals surface area contributed by atoms with Crippen LogP contribution in [0.5, 0.6) is 0 Å². The number of nitrogens with two attached hydrogens (primary N) is 1. The van der Waals surface area contributed by atoms with Crippen LogP contribution in [0.3, 0.4) is 0 Å². The molecule has 1 aromatic heterocycles. The van der Waals surface area contributed by atoms with E-state index in [0.717, 1.165) is 5.69 Å². The molecule has 0 radical (unpaired) electrons. The number of anilines is 2. The van der Waals surface area contributed by atoms with Crippen LogP contribution in [-0.4, -0.2) is 40.4 Å². The molecule has 7 heteroatoms. The molecule has 0 bridgehead atoms. The predicted molar refractivity (Wildman–Crippen MR) is 71.0 cm³/mol. The summed E-state index contributed by atoms with van der Waals surface area (Å²) < 4.78 is 0. The second-order valence-electron chi connectivity index (χ2n) is 3.78. The van der Waals surface area contributed by atoms with Crippen LogP contribution in [0.15, 0.2) is 6.07 Å². The summed E-state index contributed by atoms with van der Waals surface area (Å²) in [4.78, 5) is 21.7. The number of nitrogens with one attached hydrogen (secondary N) is 2. The van der Waals surface area contributed by atoms with Crippen molar-refractivity contribution in [2.75, 3.05) is 30.4 Å². The molecule has 18 heavy (non-hydrogen) atoms. The summed E-state index contributed by atoms with van der Waals surface area (Å²) >= 11 is 0. The zero-order valence-electron chi connectivity index (χ0n) is 11.0. The number of nitrogen functional groups attached to an aromatic ring is 1. The molecule has 1 heterocycles. The maximum absolute atomic E-state index is 11.8. The molecule has 0 fully saturated rings. The van der Waals surface area contributed by atoms with Crippen molar-refractivity contribution in [1.82, 2.24) is 14.9 Å². The molecule has 1 amide bonds. The average Bonchev–Trinajstić information content (AvgIpc) is 2.37. The second-order valence-corrected chi connectivity index (χ2v) is 3.78. The molecule has 0 atom stereocenters. The Balaban J connectivity index is 2.63. The van der Waals surface area contributed by atoms with E-state index < -0.39 is 0 Å². The van der Waals surface area contributed by atoms with Gasteiger partial charge in [0.2, 0.25) is 11.9 Å². The number of rotatable bonds is 6. The first-order valence-corrected chi connectivity index (χ1v) is 5.94. The van der Waals surface area contributed by atoms with Gasteiger partial charge in [0.1, 0.15) is 5.82 Å². The van der Waals surface area contributed by atoms with Gasteiger partial charge in [-0.3, -0.25) is 10.2 Å². The van der Waals surface area contributed by atoms with E-state index in [1.54, 1.807) is 11.0 Å². The quantitative estimate of drug-likeness (QED) is 0.499.